The normalized spacial score (nSPS) is 16.2. The van der Waals surface area contributed by atoms with E-state index in [4.69, 9.17) is 0 Å². The minimum absolute atomic E-state index is 0.0495. The molecule has 3 rings (SSSR count). The predicted molar refractivity (Wildman–Crippen MR) is 98.7 cm³/mol. The van der Waals surface area contributed by atoms with Gasteiger partial charge in [-0.15, -0.1) is 0 Å². The fourth-order valence-corrected chi connectivity index (χ4v) is 4.77. The van der Waals surface area contributed by atoms with E-state index in [0.29, 0.717) is 24.2 Å². The van der Waals surface area contributed by atoms with Gasteiger partial charge in [0, 0.05) is 18.5 Å². The number of carbonyl (C=O) groups excluding carboxylic acids is 2. The molecule has 0 aromatic heterocycles. The van der Waals surface area contributed by atoms with E-state index in [0.717, 1.165) is 5.56 Å². The van der Waals surface area contributed by atoms with Crippen molar-refractivity contribution >= 4 is 27.4 Å². The zero-order chi connectivity index (χ0) is 18.9. The number of Topliss-reactive ketones (excluding diaryl/α,β-unsaturated/α-hetero) is 1. The molecule has 0 fully saturated rings. The molecule has 1 atom stereocenters. The Bertz CT molecular complexity index is 952. The minimum Gasteiger partial charge on any atom is -0.355 e. The van der Waals surface area contributed by atoms with Crippen LogP contribution in [0.3, 0.4) is 0 Å². The molecule has 6 nitrogen and oxygen atoms in total. The van der Waals surface area contributed by atoms with Gasteiger partial charge in [-0.05, 0) is 37.6 Å². The van der Waals surface area contributed by atoms with Crippen LogP contribution in [0.2, 0.25) is 0 Å². The van der Waals surface area contributed by atoms with Gasteiger partial charge in [-0.25, -0.2) is 8.42 Å². The fourth-order valence-electron chi connectivity index (χ4n) is 3.12. The average molecular weight is 372 g/mol. The molecule has 0 bridgehead atoms. The lowest BCUT2D eigenvalue weighted by atomic mass is 10.1. The van der Waals surface area contributed by atoms with Gasteiger partial charge in [-0.2, -0.15) is 0 Å². The third kappa shape index (κ3) is 3.10. The summed E-state index contributed by atoms with van der Waals surface area (Å²) >= 11 is 0. The number of benzene rings is 2. The molecule has 1 unspecified atom stereocenters. The smallest absolute Gasteiger partial charge is 0.265 e. The molecule has 2 aromatic rings. The number of hydrogen-bond donors (Lipinski definition) is 1. The Morgan fingerprint density at radius 2 is 1.77 bits per heavy atom. The second-order valence-electron chi connectivity index (χ2n) is 6.12. The molecule has 0 saturated heterocycles. The summed E-state index contributed by atoms with van der Waals surface area (Å²) < 4.78 is 27.7. The van der Waals surface area contributed by atoms with Crippen LogP contribution in [0.5, 0.6) is 0 Å². The molecule has 2 aromatic carbocycles. The van der Waals surface area contributed by atoms with E-state index in [2.05, 4.69) is 5.32 Å². The monoisotopic (exact) mass is 372 g/mol. The molecule has 0 radical (unpaired) electrons. The van der Waals surface area contributed by atoms with Crippen LogP contribution in [-0.2, 0) is 21.2 Å². The summed E-state index contributed by atoms with van der Waals surface area (Å²) in [6, 6.07) is 12.1. The summed E-state index contributed by atoms with van der Waals surface area (Å²) in [6.07, 6.45) is 0.326. The molecule has 1 amide bonds. The number of sulfonamides is 1. The molecule has 0 aliphatic carbocycles. The number of para-hydroxylation sites is 1. The number of carbonyl (C=O) groups is 2. The number of amides is 1. The fraction of sp³-hybridized carbons (Fsp3) is 0.263. The van der Waals surface area contributed by atoms with Crippen LogP contribution in [0.15, 0.2) is 53.4 Å². The molecule has 136 valence electrons. The van der Waals surface area contributed by atoms with Crippen LogP contribution in [0.25, 0.3) is 0 Å². The van der Waals surface area contributed by atoms with Crippen molar-refractivity contribution in [2.75, 3.05) is 10.8 Å². The van der Waals surface area contributed by atoms with Crippen LogP contribution in [0.4, 0.5) is 5.69 Å². The maximum Gasteiger partial charge on any atom is 0.265 e. The third-order valence-corrected chi connectivity index (χ3v) is 6.23. The van der Waals surface area contributed by atoms with Crippen molar-refractivity contribution in [2.24, 2.45) is 0 Å². The number of nitrogens with zero attached hydrogens (tertiary/aromatic N) is 1. The number of nitrogens with one attached hydrogen (secondary N) is 1. The van der Waals surface area contributed by atoms with Crippen molar-refractivity contribution in [3.8, 4) is 0 Å². The maximum absolute atomic E-state index is 13.3. The SMILES string of the molecule is CCNC(=O)C1Cc2ccccc2N1S(=O)(=O)c1ccc(C(C)=O)cc1. The quantitative estimate of drug-likeness (QED) is 0.815. The highest BCUT2D eigenvalue weighted by molar-refractivity contribution is 7.93. The van der Waals surface area contributed by atoms with Gasteiger partial charge in [0.1, 0.15) is 6.04 Å². The number of likely N-dealkylation sites (N-methyl/N-ethyl adjacent to an activating group) is 1. The Morgan fingerprint density at radius 1 is 1.12 bits per heavy atom. The van der Waals surface area contributed by atoms with Gasteiger partial charge in [0.2, 0.25) is 5.91 Å². The van der Waals surface area contributed by atoms with E-state index in [-0.39, 0.29) is 16.6 Å². The summed E-state index contributed by atoms with van der Waals surface area (Å²) in [7, 11) is -3.95. The zero-order valence-corrected chi connectivity index (χ0v) is 15.4. The van der Waals surface area contributed by atoms with E-state index in [9.17, 15) is 18.0 Å². The van der Waals surface area contributed by atoms with Crippen molar-refractivity contribution in [2.45, 2.75) is 31.2 Å². The van der Waals surface area contributed by atoms with Crippen molar-refractivity contribution in [1.29, 1.82) is 0 Å². The standard InChI is InChI=1S/C19H20N2O4S/c1-3-20-19(23)18-12-15-6-4-5-7-17(15)21(18)26(24,25)16-10-8-14(9-11-16)13(2)22/h4-11,18H,3,12H2,1-2H3,(H,20,23). The first-order valence-electron chi connectivity index (χ1n) is 8.37. The van der Waals surface area contributed by atoms with Gasteiger partial charge >= 0.3 is 0 Å². The minimum atomic E-state index is -3.95. The lowest BCUT2D eigenvalue weighted by Gasteiger charge is -2.26. The molecule has 0 saturated carbocycles. The Morgan fingerprint density at radius 3 is 2.38 bits per heavy atom. The van der Waals surface area contributed by atoms with Crippen molar-refractivity contribution < 1.29 is 18.0 Å². The topological polar surface area (TPSA) is 83.6 Å². The molecule has 1 heterocycles. The van der Waals surface area contributed by atoms with Gasteiger partial charge in [0.05, 0.1) is 10.6 Å². The Labute approximate surface area is 152 Å². The third-order valence-electron chi connectivity index (χ3n) is 4.40. The zero-order valence-electron chi connectivity index (χ0n) is 14.6. The lowest BCUT2D eigenvalue weighted by molar-refractivity contribution is -0.121. The van der Waals surface area contributed by atoms with Crippen molar-refractivity contribution in [1.82, 2.24) is 5.32 Å². The lowest BCUT2D eigenvalue weighted by Crippen LogP contribution is -2.47. The summed E-state index contributed by atoms with van der Waals surface area (Å²) in [5.74, 6) is -0.465. The highest BCUT2D eigenvalue weighted by Gasteiger charge is 2.41. The molecule has 1 aliphatic rings. The Hall–Kier alpha value is -2.67. The van der Waals surface area contributed by atoms with E-state index in [1.807, 2.05) is 12.1 Å². The first-order chi connectivity index (χ1) is 12.4. The van der Waals surface area contributed by atoms with Gasteiger partial charge < -0.3 is 5.32 Å². The summed E-state index contributed by atoms with van der Waals surface area (Å²) in [6.45, 7) is 3.64. The molecule has 0 spiro atoms. The number of rotatable bonds is 5. The second-order valence-corrected chi connectivity index (χ2v) is 7.94. The predicted octanol–water partition coefficient (Wildman–Crippen LogP) is 2.15. The van der Waals surface area contributed by atoms with Gasteiger partial charge in [0.15, 0.2) is 5.78 Å². The number of ketones is 1. The first-order valence-corrected chi connectivity index (χ1v) is 9.81. The largest absolute Gasteiger partial charge is 0.355 e. The first kappa shape index (κ1) is 18.1. The van der Waals surface area contributed by atoms with Crippen LogP contribution in [-0.4, -0.2) is 32.7 Å². The van der Waals surface area contributed by atoms with Crippen LogP contribution < -0.4 is 9.62 Å². The van der Waals surface area contributed by atoms with Crippen LogP contribution in [0.1, 0.15) is 29.8 Å². The Kier molecular flexibility index (Phi) is 4.82. The van der Waals surface area contributed by atoms with E-state index in [1.54, 1.807) is 19.1 Å². The van der Waals surface area contributed by atoms with E-state index in [1.165, 1.54) is 35.5 Å². The van der Waals surface area contributed by atoms with E-state index < -0.39 is 16.1 Å². The van der Waals surface area contributed by atoms with Gasteiger partial charge in [0.25, 0.3) is 10.0 Å². The summed E-state index contributed by atoms with van der Waals surface area (Å²) in [5, 5.41) is 2.71. The second kappa shape index (κ2) is 6.92. The van der Waals surface area contributed by atoms with Crippen LogP contribution in [0, 0.1) is 0 Å². The highest BCUT2D eigenvalue weighted by Crippen LogP contribution is 2.36. The summed E-state index contributed by atoms with van der Waals surface area (Å²) in [4.78, 5) is 24.0. The molecular weight excluding hydrogens is 352 g/mol. The van der Waals surface area contributed by atoms with Crippen LogP contribution >= 0.6 is 0 Å². The molecule has 26 heavy (non-hydrogen) atoms. The molecular formula is C19H20N2O4S. The molecule has 7 heteroatoms. The van der Waals surface area contributed by atoms with Gasteiger partial charge in [-0.1, -0.05) is 30.3 Å². The molecule has 1 aliphatic heterocycles. The number of anilines is 1. The van der Waals surface area contributed by atoms with Gasteiger partial charge in [-0.3, -0.25) is 13.9 Å². The van der Waals surface area contributed by atoms with Crippen molar-refractivity contribution in [3.05, 3.63) is 59.7 Å². The average Bonchev–Trinajstić information content (AvgIpc) is 3.02. The number of hydrogen-bond acceptors (Lipinski definition) is 4. The Balaban J connectivity index is 2.07. The number of fused-ring (bicyclic) bond motifs is 1. The highest BCUT2D eigenvalue weighted by atomic mass is 32.2. The summed E-state index contributed by atoms with van der Waals surface area (Å²) in [5.41, 5.74) is 1.76. The molecule has 1 N–H and O–H groups in total. The van der Waals surface area contributed by atoms with Crippen molar-refractivity contribution in [3.63, 3.8) is 0 Å². The maximum atomic E-state index is 13.3. The van der Waals surface area contributed by atoms with E-state index >= 15 is 0 Å².